The summed E-state index contributed by atoms with van der Waals surface area (Å²) in [5.74, 6) is 0.510. The maximum Gasteiger partial charge on any atom is 0.0392 e. The monoisotopic (exact) mass is 140 g/mol. The van der Waals surface area contributed by atoms with Crippen molar-refractivity contribution in [1.82, 2.24) is 0 Å². The summed E-state index contributed by atoms with van der Waals surface area (Å²) < 4.78 is 0. The zero-order chi connectivity index (χ0) is 7.56. The van der Waals surface area contributed by atoms with E-state index in [1.165, 1.54) is 0 Å². The van der Waals surface area contributed by atoms with Gasteiger partial charge in [0.05, 0.1) is 0 Å². The molecule has 1 aliphatic carbocycles. The van der Waals surface area contributed by atoms with Crippen LogP contribution in [-0.4, -0.2) is 12.1 Å². The highest BCUT2D eigenvalue weighted by atomic mass is 15.2. The zero-order valence-corrected chi connectivity index (χ0v) is 6.07. The van der Waals surface area contributed by atoms with Gasteiger partial charge in [0, 0.05) is 17.0 Å². The topological polar surface area (TPSA) is 74.8 Å². The Morgan fingerprint density at radius 1 is 1.60 bits per heavy atom. The molecule has 0 radical (unpaired) electrons. The number of hydrogen-bond acceptors (Lipinski definition) is 2. The smallest absolute Gasteiger partial charge is 0.0392 e. The fourth-order valence-electron chi connectivity index (χ4n) is 1.41. The van der Waals surface area contributed by atoms with Gasteiger partial charge >= 0.3 is 0 Å². The van der Waals surface area contributed by atoms with Gasteiger partial charge in [0.2, 0.25) is 0 Å². The molecule has 56 valence electrons. The van der Waals surface area contributed by atoms with E-state index in [-0.39, 0.29) is 12.1 Å². The van der Waals surface area contributed by atoms with Gasteiger partial charge in [0.1, 0.15) is 0 Å². The highest BCUT2D eigenvalue weighted by Crippen LogP contribution is 2.26. The van der Waals surface area contributed by atoms with E-state index in [0.29, 0.717) is 5.92 Å². The van der Waals surface area contributed by atoms with Gasteiger partial charge < -0.3 is 5.73 Å². The minimum atomic E-state index is 0.148. The molecule has 0 aromatic rings. The summed E-state index contributed by atoms with van der Waals surface area (Å²) in [5, 5.41) is 3.62. The van der Waals surface area contributed by atoms with Crippen LogP contribution in [0.1, 0.15) is 19.8 Å². The summed E-state index contributed by atoms with van der Waals surface area (Å²) in [6, 6.07) is 0.380. The third-order valence-electron chi connectivity index (χ3n) is 2.13. The predicted molar refractivity (Wildman–Crippen MR) is 39.3 cm³/mol. The lowest BCUT2D eigenvalue weighted by molar-refractivity contribution is 0.526. The van der Waals surface area contributed by atoms with Crippen molar-refractivity contribution in [2.75, 3.05) is 0 Å². The molecule has 0 heterocycles. The molecule has 0 aromatic heterocycles. The van der Waals surface area contributed by atoms with Crippen molar-refractivity contribution in [3.8, 4) is 0 Å². The third-order valence-corrected chi connectivity index (χ3v) is 2.13. The molecule has 0 spiro atoms. The SMILES string of the molecule is CC1CC(N=[N+]=[N-])CC1N. The van der Waals surface area contributed by atoms with Crippen LogP contribution in [0, 0.1) is 5.92 Å². The summed E-state index contributed by atoms with van der Waals surface area (Å²) in [4.78, 5) is 2.76. The zero-order valence-electron chi connectivity index (χ0n) is 6.07. The van der Waals surface area contributed by atoms with Crippen LogP contribution < -0.4 is 5.73 Å². The van der Waals surface area contributed by atoms with Crippen LogP contribution in [0.25, 0.3) is 10.4 Å². The summed E-state index contributed by atoms with van der Waals surface area (Å²) in [6.07, 6.45) is 1.80. The number of nitrogens with two attached hydrogens (primary N) is 1. The molecule has 1 fully saturated rings. The van der Waals surface area contributed by atoms with Crippen LogP contribution in [0.4, 0.5) is 0 Å². The Hall–Kier alpha value is -0.730. The molecule has 1 aliphatic rings. The lowest BCUT2D eigenvalue weighted by Crippen LogP contribution is -2.22. The van der Waals surface area contributed by atoms with Gasteiger partial charge in [-0.05, 0) is 24.3 Å². The second-order valence-electron chi connectivity index (χ2n) is 2.97. The van der Waals surface area contributed by atoms with E-state index >= 15 is 0 Å². The predicted octanol–water partition coefficient (Wildman–Crippen LogP) is 1.42. The second-order valence-corrected chi connectivity index (χ2v) is 2.97. The van der Waals surface area contributed by atoms with E-state index < -0.39 is 0 Å². The van der Waals surface area contributed by atoms with Gasteiger partial charge in [0.15, 0.2) is 0 Å². The Labute approximate surface area is 60.0 Å². The largest absolute Gasteiger partial charge is 0.327 e. The Morgan fingerprint density at radius 3 is 2.70 bits per heavy atom. The quantitative estimate of drug-likeness (QED) is 0.334. The average molecular weight is 140 g/mol. The summed E-state index contributed by atoms with van der Waals surface area (Å²) in [6.45, 7) is 2.09. The Balaban J connectivity index is 2.48. The van der Waals surface area contributed by atoms with Crippen LogP contribution >= 0.6 is 0 Å². The van der Waals surface area contributed by atoms with Crippen molar-refractivity contribution in [3.05, 3.63) is 10.4 Å². The molecule has 0 aliphatic heterocycles. The maximum absolute atomic E-state index is 8.12. The Kier molecular flexibility index (Phi) is 2.14. The van der Waals surface area contributed by atoms with Crippen LogP contribution in [0.5, 0.6) is 0 Å². The van der Waals surface area contributed by atoms with Crippen LogP contribution in [0.15, 0.2) is 5.11 Å². The highest BCUT2D eigenvalue weighted by molar-refractivity contribution is 4.87. The number of nitrogens with zero attached hydrogens (tertiary/aromatic N) is 3. The lowest BCUT2D eigenvalue weighted by Gasteiger charge is -2.05. The molecule has 0 aromatic carbocycles. The molecule has 1 saturated carbocycles. The Bertz CT molecular complexity index is 151. The second kappa shape index (κ2) is 2.90. The van der Waals surface area contributed by atoms with Crippen molar-refractivity contribution in [2.24, 2.45) is 16.8 Å². The number of azide groups is 1. The average Bonchev–Trinajstić information content (AvgIpc) is 2.14. The van der Waals surface area contributed by atoms with Gasteiger partial charge in [-0.3, -0.25) is 0 Å². The summed E-state index contributed by atoms with van der Waals surface area (Å²) in [5.41, 5.74) is 13.8. The molecular weight excluding hydrogens is 128 g/mol. The maximum atomic E-state index is 8.12. The standard InChI is InChI=1S/C6H12N4/c1-4-2-5(9-10-8)3-6(4)7/h4-6H,2-3,7H2,1H3. The van der Waals surface area contributed by atoms with E-state index in [9.17, 15) is 0 Å². The first-order valence-electron chi connectivity index (χ1n) is 3.54. The van der Waals surface area contributed by atoms with E-state index in [4.69, 9.17) is 11.3 Å². The summed E-state index contributed by atoms with van der Waals surface area (Å²) in [7, 11) is 0. The normalized spacial score (nSPS) is 39.2. The van der Waals surface area contributed by atoms with E-state index in [1.54, 1.807) is 0 Å². The minimum absolute atomic E-state index is 0.148. The summed E-state index contributed by atoms with van der Waals surface area (Å²) >= 11 is 0. The van der Waals surface area contributed by atoms with Gasteiger partial charge in [-0.25, -0.2) is 0 Å². The van der Waals surface area contributed by atoms with Crippen molar-refractivity contribution in [3.63, 3.8) is 0 Å². The number of rotatable bonds is 1. The van der Waals surface area contributed by atoms with Gasteiger partial charge in [-0.2, -0.15) is 0 Å². The first-order chi connectivity index (χ1) is 4.74. The van der Waals surface area contributed by atoms with E-state index in [1.807, 2.05) is 0 Å². The van der Waals surface area contributed by atoms with Crippen molar-refractivity contribution >= 4 is 0 Å². The molecule has 3 atom stereocenters. The van der Waals surface area contributed by atoms with Gasteiger partial charge in [-0.1, -0.05) is 12.0 Å². The van der Waals surface area contributed by atoms with Crippen molar-refractivity contribution in [1.29, 1.82) is 0 Å². The Morgan fingerprint density at radius 2 is 2.30 bits per heavy atom. The van der Waals surface area contributed by atoms with Crippen LogP contribution in [0.3, 0.4) is 0 Å². The molecule has 3 unspecified atom stereocenters. The molecule has 0 amide bonds. The molecule has 4 nitrogen and oxygen atoms in total. The lowest BCUT2D eigenvalue weighted by atomic mass is 10.1. The van der Waals surface area contributed by atoms with Crippen LogP contribution in [0.2, 0.25) is 0 Å². The first kappa shape index (κ1) is 7.38. The van der Waals surface area contributed by atoms with E-state index in [2.05, 4.69) is 16.9 Å². The molecule has 1 rings (SSSR count). The first-order valence-corrected chi connectivity index (χ1v) is 3.54. The molecule has 2 N–H and O–H groups in total. The third kappa shape index (κ3) is 1.40. The molecule has 4 heteroatoms. The highest BCUT2D eigenvalue weighted by Gasteiger charge is 2.27. The molecule has 10 heavy (non-hydrogen) atoms. The number of hydrogen-bond donors (Lipinski definition) is 1. The molecular formula is C6H12N4. The molecule has 0 saturated heterocycles. The molecule has 0 bridgehead atoms. The van der Waals surface area contributed by atoms with Crippen LogP contribution in [-0.2, 0) is 0 Å². The van der Waals surface area contributed by atoms with Gasteiger partial charge in [0.25, 0.3) is 0 Å². The van der Waals surface area contributed by atoms with Gasteiger partial charge in [-0.15, -0.1) is 0 Å². The van der Waals surface area contributed by atoms with Crippen molar-refractivity contribution < 1.29 is 0 Å². The fourth-order valence-corrected chi connectivity index (χ4v) is 1.41. The van der Waals surface area contributed by atoms with E-state index in [0.717, 1.165) is 12.8 Å². The minimum Gasteiger partial charge on any atom is -0.327 e. The van der Waals surface area contributed by atoms with Crippen molar-refractivity contribution in [2.45, 2.75) is 31.8 Å². The fraction of sp³-hybridized carbons (Fsp3) is 1.00.